The van der Waals surface area contributed by atoms with Crippen molar-refractivity contribution in [1.82, 2.24) is 15.6 Å². The number of hydrogen-bond acceptors (Lipinski definition) is 4. The number of benzene rings is 1. The number of aryl methyl sites for hydroxylation is 2. The zero-order valence-electron chi connectivity index (χ0n) is 14.4. The van der Waals surface area contributed by atoms with Gasteiger partial charge < -0.3 is 5.32 Å². The summed E-state index contributed by atoms with van der Waals surface area (Å²) in [6.07, 6.45) is -0.457. The van der Waals surface area contributed by atoms with Crippen LogP contribution in [0.5, 0.6) is 0 Å². The number of halogens is 2. The Hall–Kier alpha value is -1.86. The van der Waals surface area contributed by atoms with Gasteiger partial charge in [0.2, 0.25) is 5.91 Å². The maximum Gasteiger partial charge on any atom is 0.262 e. The van der Waals surface area contributed by atoms with Crippen molar-refractivity contribution in [1.29, 1.82) is 0 Å². The first-order chi connectivity index (χ1) is 11.7. The van der Waals surface area contributed by atoms with Crippen molar-refractivity contribution >= 4 is 17.2 Å². The Morgan fingerprint density at radius 2 is 2.04 bits per heavy atom. The van der Waals surface area contributed by atoms with Crippen molar-refractivity contribution in [2.45, 2.75) is 45.2 Å². The van der Waals surface area contributed by atoms with Gasteiger partial charge in [0.05, 0.1) is 29.2 Å². The van der Waals surface area contributed by atoms with Crippen LogP contribution in [-0.2, 0) is 4.79 Å². The van der Waals surface area contributed by atoms with Gasteiger partial charge in [-0.2, -0.15) is 0 Å². The van der Waals surface area contributed by atoms with Gasteiger partial charge in [0.25, 0.3) is 5.92 Å². The predicted octanol–water partition coefficient (Wildman–Crippen LogP) is 3.60. The lowest BCUT2D eigenvalue weighted by molar-refractivity contribution is -0.124. The minimum Gasteiger partial charge on any atom is -0.347 e. The van der Waals surface area contributed by atoms with Gasteiger partial charge in [-0.05, 0) is 20.8 Å². The van der Waals surface area contributed by atoms with Crippen LogP contribution in [0.4, 0.5) is 8.78 Å². The van der Waals surface area contributed by atoms with Gasteiger partial charge in [0, 0.05) is 12.0 Å². The van der Waals surface area contributed by atoms with Crippen LogP contribution in [0, 0.1) is 13.8 Å². The van der Waals surface area contributed by atoms with Gasteiger partial charge in [-0.25, -0.2) is 13.8 Å². The second-order valence-electron chi connectivity index (χ2n) is 6.56. The van der Waals surface area contributed by atoms with Crippen LogP contribution in [0.1, 0.15) is 35.5 Å². The number of amides is 1. The number of thiazole rings is 1. The van der Waals surface area contributed by atoms with E-state index in [1.807, 2.05) is 45.0 Å². The molecular weight excluding hydrogens is 344 g/mol. The van der Waals surface area contributed by atoms with Crippen molar-refractivity contribution < 1.29 is 13.6 Å². The average molecular weight is 365 g/mol. The van der Waals surface area contributed by atoms with Gasteiger partial charge in [0.15, 0.2) is 0 Å². The van der Waals surface area contributed by atoms with Crippen LogP contribution in [0.3, 0.4) is 0 Å². The predicted molar refractivity (Wildman–Crippen MR) is 94.9 cm³/mol. The summed E-state index contributed by atoms with van der Waals surface area (Å²) >= 11 is 1.52. The Morgan fingerprint density at radius 1 is 1.36 bits per heavy atom. The summed E-state index contributed by atoms with van der Waals surface area (Å²) in [6.45, 7) is 5.33. The van der Waals surface area contributed by atoms with E-state index >= 15 is 0 Å². The molecule has 1 aliphatic heterocycles. The molecular formula is C18H21F2N3OS. The van der Waals surface area contributed by atoms with E-state index in [1.54, 1.807) is 0 Å². The van der Waals surface area contributed by atoms with Gasteiger partial charge in [0.1, 0.15) is 5.01 Å². The maximum atomic E-state index is 13.2. The molecule has 1 aromatic carbocycles. The number of alkyl halides is 2. The number of carbonyl (C=O) groups excluding carboxylic acids is 1. The molecule has 0 bridgehead atoms. The second kappa shape index (κ2) is 6.80. The molecule has 7 heteroatoms. The molecule has 0 saturated carbocycles. The summed E-state index contributed by atoms with van der Waals surface area (Å²) in [4.78, 5) is 17.7. The van der Waals surface area contributed by atoms with Crippen molar-refractivity contribution in [3.05, 3.63) is 40.4 Å². The Morgan fingerprint density at radius 3 is 2.64 bits per heavy atom. The molecule has 2 N–H and O–H groups in total. The Balaban J connectivity index is 1.71. The molecule has 0 spiro atoms. The van der Waals surface area contributed by atoms with Crippen LogP contribution in [0.25, 0.3) is 10.6 Å². The second-order valence-corrected chi connectivity index (χ2v) is 7.59. The van der Waals surface area contributed by atoms with Crippen LogP contribution >= 0.6 is 11.3 Å². The summed E-state index contributed by atoms with van der Waals surface area (Å²) in [5.41, 5.74) is 3.05. The standard InChI is InChI=1S/C18H21F2N3OS/c1-10-4-6-13(7-5-10)17-23-12(3)15(25-17)11(2)22-16(24)14-8-18(19,20)9-21-14/h4-7,11,14,21H,8-9H2,1-3H3,(H,22,24). The van der Waals surface area contributed by atoms with Gasteiger partial charge in [-0.3, -0.25) is 10.1 Å². The molecule has 2 heterocycles. The molecule has 1 fully saturated rings. The van der Waals surface area contributed by atoms with Crippen molar-refractivity contribution in [2.24, 2.45) is 0 Å². The van der Waals surface area contributed by atoms with Crippen LogP contribution in [0.2, 0.25) is 0 Å². The van der Waals surface area contributed by atoms with E-state index in [2.05, 4.69) is 15.6 Å². The lowest BCUT2D eigenvalue weighted by Gasteiger charge is -2.16. The van der Waals surface area contributed by atoms with Gasteiger partial charge in [-0.1, -0.05) is 29.8 Å². The Bertz CT molecular complexity index is 773. The van der Waals surface area contributed by atoms with Gasteiger partial charge in [-0.15, -0.1) is 11.3 Å². The van der Waals surface area contributed by atoms with E-state index in [4.69, 9.17) is 0 Å². The topological polar surface area (TPSA) is 54.0 Å². The first-order valence-electron chi connectivity index (χ1n) is 8.21. The average Bonchev–Trinajstić information content (AvgIpc) is 3.10. The monoisotopic (exact) mass is 365 g/mol. The summed E-state index contributed by atoms with van der Waals surface area (Å²) in [5, 5.41) is 6.29. The first-order valence-corrected chi connectivity index (χ1v) is 9.03. The molecule has 0 aliphatic carbocycles. The number of aromatic nitrogens is 1. The molecule has 4 nitrogen and oxygen atoms in total. The normalized spacial score (nSPS) is 20.4. The smallest absolute Gasteiger partial charge is 0.262 e. The highest BCUT2D eigenvalue weighted by Gasteiger charge is 2.42. The number of nitrogens with zero attached hydrogens (tertiary/aromatic N) is 1. The minimum atomic E-state index is -2.82. The third-order valence-electron chi connectivity index (χ3n) is 4.31. The van der Waals surface area contributed by atoms with Crippen LogP contribution < -0.4 is 10.6 Å². The van der Waals surface area contributed by atoms with Crippen molar-refractivity contribution in [2.75, 3.05) is 6.54 Å². The SMILES string of the molecule is Cc1ccc(-c2nc(C)c(C(C)NC(=O)C3CC(F)(F)CN3)s2)cc1. The summed E-state index contributed by atoms with van der Waals surface area (Å²) in [5.74, 6) is -3.21. The fourth-order valence-corrected chi connectivity index (χ4v) is 3.98. The molecule has 0 radical (unpaired) electrons. The fourth-order valence-electron chi connectivity index (χ4n) is 2.91. The lowest BCUT2D eigenvalue weighted by Crippen LogP contribution is -2.41. The van der Waals surface area contributed by atoms with Crippen LogP contribution in [0.15, 0.2) is 24.3 Å². The lowest BCUT2D eigenvalue weighted by atomic mass is 10.1. The van der Waals surface area contributed by atoms with E-state index in [-0.39, 0.29) is 6.04 Å². The van der Waals surface area contributed by atoms with E-state index in [9.17, 15) is 13.6 Å². The third kappa shape index (κ3) is 4.04. The highest BCUT2D eigenvalue weighted by molar-refractivity contribution is 7.15. The Kier molecular flexibility index (Phi) is 4.88. The molecule has 2 atom stereocenters. The third-order valence-corrected chi connectivity index (χ3v) is 5.70. The molecule has 25 heavy (non-hydrogen) atoms. The summed E-state index contributed by atoms with van der Waals surface area (Å²) in [6, 6.07) is 6.98. The maximum absolute atomic E-state index is 13.2. The van der Waals surface area contributed by atoms with Crippen molar-refractivity contribution in [3.63, 3.8) is 0 Å². The number of nitrogens with one attached hydrogen (secondary N) is 2. The van der Waals surface area contributed by atoms with Gasteiger partial charge >= 0.3 is 0 Å². The number of rotatable bonds is 4. The Labute approximate surface area is 149 Å². The molecule has 134 valence electrons. The van der Waals surface area contributed by atoms with Crippen molar-refractivity contribution in [3.8, 4) is 10.6 Å². The highest BCUT2D eigenvalue weighted by Crippen LogP contribution is 2.32. The summed E-state index contributed by atoms with van der Waals surface area (Å²) in [7, 11) is 0. The zero-order valence-corrected chi connectivity index (χ0v) is 15.2. The highest BCUT2D eigenvalue weighted by atomic mass is 32.1. The van der Waals surface area contributed by atoms with E-state index in [0.29, 0.717) is 0 Å². The molecule has 2 unspecified atom stereocenters. The van der Waals surface area contributed by atoms with Crippen LogP contribution in [-0.4, -0.2) is 29.4 Å². The molecule has 1 saturated heterocycles. The summed E-state index contributed by atoms with van der Waals surface area (Å²) < 4.78 is 26.5. The van der Waals surface area contributed by atoms with E-state index in [1.165, 1.54) is 16.9 Å². The fraction of sp³-hybridized carbons (Fsp3) is 0.444. The number of hydrogen-bond donors (Lipinski definition) is 2. The molecule has 3 rings (SSSR count). The molecule has 1 aromatic heterocycles. The quantitative estimate of drug-likeness (QED) is 0.870. The first kappa shape index (κ1) is 17.9. The molecule has 1 aliphatic rings. The molecule has 2 aromatic rings. The molecule has 1 amide bonds. The van der Waals surface area contributed by atoms with E-state index in [0.717, 1.165) is 21.1 Å². The zero-order chi connectivity index (χ0) is 18.2. The minimum absolute atomic E-state index is 0.278. The number of carbonyl (C=O) groups is 1. The largest absolute Gasteiger partial charge is 0.347 e. The van der Waals surface area contributed by atoms with E-state index < -0.39 is 30.8 Å².